The van der Waals surface area contributed by atoms with E-state index in [1.165, 1.54) is 10.4 Å². The number of urea groups is 1. The van der Waals surface area contributed by atoms with Crippen LogP contribution in [0.2, 0.25) is 0 Å². The van der Waals surface area contributed by atoms with E-state index in [1.807, 2.05) is 0 Å². The van der Waals surface area contributed by atoms with Gasteiger partial charge in [0.25, 0.3) is 5.91 Å². The fourth-order valence-corrected chi connectivity index (χ4v) is 4.46. The van der Waals surface area contributed by atoms with Gasteiger partial charge >= 0.3 is 6.03 Å². The normalized spacial score (nSPS) is 27.2. The van der Waals surface area contributed by atoms with Gasteiger partial charge in [0, 0.05) is 24.5 Å². The van der Waals surface area contributed by atoms with E-state index in [-0.39, 0.29) is 18.4 Å². The van der Waals surface area contributed by atoms with Crippen LogP contribution in [0.4, 0.5) is 4.79 Å². The summed E-state index contributed by atoms with van der Waals surface area (Å²) in [6.45, 7) is 2.82. The first-order valence-corrected chi connectivity index (χ1v) is 8.63. The number of thiophene rings is 1. The average Bonchev–Trinajstić information content (AvgIpc) is 3.19. The van der Waals surface area contributed by atoms with Crippen LogP contribution in [0, 0.1) is 0 Å². The highest BCUT2D eigenvalue weighted by Crippen LogP contribution is 2.26. The lowest BCUT2D eigenvalue weighted by atomic mass is 10.00. The quantitative estimate of drug-likeness (QED) is 0.741. The van der Waals surface area contributed by atoms with Crippen molar-refractivity contribution in [3.05, 3.63) is 21.9 Å². The highest BCUT2D eigenvalue weighted by molar-refractivity contribution is 7.10. The zero-order chi connectivity index (χ0) is 16.0. The van der Waals surface area contributed by atoms with Crippen LogP contribution < -0.4 is 10.6 Å². The number of nitrogens with one attached hydrogen (secondary N) is 2. The van der Waals surface area contributed by atoms with E-state index in [9.17, 15) is 14.4 Å². The molecular formula is C15H18N4O3S. The Morgan fingerprint density at radius 3 is 3.00 bits per heavy atom. The topological polar surface area (TPSA) is 81.8 Å². The molecule has 0 aromatic carbocycles. The molecule has 23 heavy (non-hydrogen) atoms. The number of nitrogens with zero attached hydrogens (tertiary/aromatic N) is 2. The van der Waals surface area contributed by atoms with Gasteiger partial charge in [0.2, 0.25) is 5.91 Å². The molecule has 0 saturated carbocycles. The monoisotopic (exact) mass is 334 g/mol. The van der Waals surface area contributed by atoms with Crippen LogP contribution in [-0.2, 0) is 22.6 Å². The van der Waals surface area contributed by atoms with Gasteiger partial charge < -0.3 is 10.2 Å². The van der Waals surface area contributed by atoms with Crippen LogP contribution in [0.25, 0.3) is 0 Å². The molecule has 1 unspecified atom stereocenters. The Bertz CT molecular complexity index is 688. The zero-order valence-corrected chi connectivity index (χ0v) is 13.4. The van der Waals surface area contributed by atoms with E-state index in [1.54, 1.807) is 16.2 Å². The van der Waals surface area contributed by atoms with Gasteiger partial charge in [-0.25, -0.2) is 4.79 Å². The van der Waals surface area contributed by atoms with E-state index in [4.69, 9.17) is 0 Å². The summed E-state index contributed by atoms with van der Waals surface area (Å²) in [7, 11) is 0. The number of carbonyl (C=O) groups is 3. The van der Waals surface area contributed by atoms with E-state index in [0.29, 0.717) is 19.5 Å². The molecule has 4 amide bonds. The number of hydrogen-bond donors (Lipinski definition) is 2. The highest BCUT2D eigenvalue weighted by Gasteiger charge is 2.51. The van der Waals surface area contributed by atoms with Crippen molar-refractivity contribution in [3.63, 3.8) is 0 Å². The van der Waals surface area contributed by atoms with Gasteiger partial charge in [-0.2, -0.15) is 0 Å². The second-order valence-corrected chi connectivity index (χ2v) is 7.39. The fourth-order valence-electron chi connectivity index (χ4n) is 3.57. The van der Waals surface area contributed by atoms with Crippen molar-refractivity contribution in [2.75, 3.05) is 26.2 Å². The molecule has 8 heteroatoms. The maximum Gasteiger partial charge on any atom is 0.322 e. The molecule has 0 bridgehead atoms. The Morgan fingerprint density at radius 1 is 1.35 bits per heavy atom. The summed E-state index contributed by atoms with van der Waals surface area (Å²) in [5.41, 5.74) is 0.393. The molecule has 4 heterocycles. The van der Waals surface area contributed by atoms with Gasteiger partial charge in [0.1, 0.15) is 5.54 Å². The van der Waals surface area contributed by atoms with Crippen LogP contribution in [0.5, 0.6) is 0 Å². The Balaban J connectivity index is 1.38. The predicted octanol–water partition coefficient (Wildman–Crippen LogP) is -0.0833. The molecule has 1 aromatic heterocycles. The van der Waals surface area contributed by atoms with Gasteiger partial charge in [0.05, 0.1) is 13.1 Å². The van der Waals surface area contributed by atoms with E-state index >= 15 is 0 Å². The molecule has 0 aliphatic carbocycles. The first-order chi connectivity index (χ1) is 11.1. The van der Waals surface area contributed by atoms with Crippen LogP contribution in [0.3, 0.4) is 0 Å². The summed E-state index contributed by atoms with van der Waals surface area (Å²) in [5.74, 6) is -0.298. The fraction of sp³-hybridized carbons (Fsp3) is 0.533. The van der Waals surface area contributed by atoms with Crippen molar-refractivity contribution in [1.29, 1.82) is 0 Å². The third kappa shape index (κ3) is 2.51. The third-order valence-electron chi connectivity index (χ3n) is 4.88. The number of amides is 4. The molecule has 4 rings (SSSR count). The standard InChI is InChI=1S/C15H18N4O3S/c20-12(8-18-4-1-11-10(7-18)2-6-23-11)19-5-3-15(9-19)13(21)16-14(22)17-15/h2,6H,1,3-5,7-9H2,(H2,16,17,21,22). The summed E-state index contributed by atoms with van der Waals surface area (Å²) in [4.78, 5) is 41.1. The van der Waals surface area contributed by atoms with Crippen molar-refractivity contribution in [2.24, 2.45) is 0 Å². The average molecular weight is 334 g/mol. The van der Waals surface area contributed by atoms with E-state index in [0.717, 1.165) is 19.5 Å². The van der Waals surface area contributed by atoms with Crippen molar-refractivity contribution in [3.8, 4) is 0 Å². The van der Waals surface area contributed by atoms with Gasteiger partial charge in [0.15, 0.2) is 0 Å². The molecule has 7 nitrogen and oxygen atoms in total. The second kappa shape index (κ2) is 5.31. The number of rotatable bonds is 2. The molecule has 122 valence electrons. The highest BCUT2D eigenvalue weighted by atomic mass is 32.1. The van der Waals surface area contributed by atoms with Crippen molar-refractivity contribution in [2.45, 2.75) is 24.9 Å². The van der Waals surface area contributed by atoms with Crippen molar-refractivity contribution < 1.29 is 14.4 Å². The summed E-state index contributed by atoms with van der Waals surface area (Å²) < 4.78 is 0. The summed E-state index contributed by atoms with van der Waals surface area (Å²) in [6.07, 6.45) is 1.47. The van der Waals surface area contributed by atoms with Crippen LogP contribution >= 0.6 is 11.3 Å². The molecule has 0 radical (unpaired) electrons. The zero-order valence-electron chi connectivity index (χ0n) is 12.6. The van der Waals surface area contributed by atoms with Gasteiger partial charge in [-0.1, -0.05) is 0 Å². The van der Waals surface area contributed by atoms with Crippen molar-refractivity contribution >= 4 is 29.2 Å². The largest absolute Gasteiger partial charge is 0.339 e. The Kier molecular flexibility index (Phi) is 3.38. The van der Waals surface area contributed by atoms with Crippen LogP contribution in [0.15, 0.2) is 11.4 Å². The molecular weight excluding hydrogens is 316 g/mol. The van der Waals surface area contributed by atoms with Crippen LogP contribution in [0.1, 0.15) is 16.9 Å². The first kappa shape index (κ1) is 14.6. The van der Waals surface area contributed by atoms with Gasteiger partial charge in [-0.15, -0.1) is 11.3 Å². The molecule has 3 aliphatic heterocycles. The minimum Gasteiger partial charge on any atom is -0.339 e. The Hall–Kier alpha value is -1.93. The molecule has 1 atom stereocenters. The SMILES string of the molecule is O=C1NC(=O)C2(CCN(C(=O)CN3CCc4sccc4C3)C2)N1. The molecule has 2 saturated heterocycles. The summed E-state index contributed by atoms with van der Waals surface area (Å²) in [6, 6.07) is 1.66. The molecule has 2 fully saturated rings. The Labute approximate surface area is 137 Å². The summed E-state index contributed by atoms with van der Waals surface area (Å²) in [5, 5.41) is 7.03. The maximum absolute atomic E-state index is 12.5. The molecule has 1 aromatic rings. The number of carbonyl (C=O) groups excluding carboxylic acids is 3. The van der Waals surface area contributed by atoms with Gasteiger partial charge in [-0.05, 0) is 29.9 Å². The Morgan fingerprint density at radius 2 is 2.22 bits per heavy atom. The first-order valence-electron chi connectivity index (χ1n) is 7.75. The minimum absolute atomic E-state index is 0.0227. The number of likely N-dealkylation sites (tertiary alicyclic amines) is 1. The lowest BCUT2D eigenvalue weighted by Gasteiger charge is -2.28. The molecule has 2 N–H and O–H groups in total. The number of imide groups is 1. The maximum atomic E-state index is 12.5. The minimum atomic E-state index is -0.921. The second-order valence-electron chi connectivity index (χ2n) is 6.39. The number of hydrogen-bond acceptors (Lipinski definition) is 5. The molecule has 3 aliphatic rings. The van der Waals surface area contributed by atoms with E-state index < -0.39 is 11.6 Å². The predicted molar refractivity (Wildman–Crippen MR) is 83.9 cm³/mol. The lowest BCUT2D eigenvalue weighted by Crippen LogP contribution is -2.50. The number of fused-ring (bicyclic) bond motifs is 1. The van der Waals surface area contributed by atoms with E-state index in [2.05, 4.69) is 27.0 Å². The third-order valence-corrected chi connectivity index (χ3v) is 5.91. The van der Waals surface area contributed by atoms with Crippen molar-refractivity contribution in [1.82, 2.24) is 20.4 Å². The van der Waals surface area contributed by atoms with Crippen LogP contribution in [-0.4, -0.2) is 59.4 Å². The van der Waals surface area contributed by atoms with Gasteiger partial charge in [-0.3, -0.25) is 19.8 Å². The summed E-state index contributed by atoms with van der Waals surface area (Å²) >= 11 is 1.78. The smallest absolute Gasteiger partial charge is 0.322 e. The lowest BCUT2D eigenvalue weighted by molar-refractivity contribution is -0.132. The molecule has 1 spiro atoms.